The number of nitrogens with zero attached hydrogens (tertiary/aromatic N) is 2. The summed E-state index contributed by atoms with van der Waals surface area (Å²) in [6.45, 7) is 5.59. The van der Waals surface area contributed by atoms with Crippen molar-refractivity contribution in [3.63, 3.8) is 0 Å². The van der Waals surface area contributed by atoms with Crippen LogP contribution in [0, 0.1) is 6.92 Å². The molecular formula is C31H38ClN3O6S. The number of hydrogen-bond acceptors (Lipinski definition) is 6. The average molecular weight is 616 g/mol. The van der Waals surface area contributed by atoms with Crippen LogP contribution in [0.25, 0.3) is 0 Å². The predicted octanol–water partition coefficient (Wildman–Crippen LogP) is 5.19. The first-order valence-corrected chi connectivity index (χ1v) is 15.5. The highest BCUT2D eigenvalue weighted by molar-refractivity contribution is 7.92. The molecule has 0 heterocycles. The third kappa shape index (κ3) is 7.95. The number of ether oxygens (including phenoxy) is 2. The fraction of sp³-hybridized carbons (Fsp3) is 0.355. The number of carbonyl (C=O) groups is 2. The summed E-state index contributed by atoms with van der Waals surface area (Å²) in [5, 5.41) is 3.06. The Labute approximate surface area is 253 Å². The van der Waals surface area contributed by atoms with Crippen LogP contribution in [0.4, 0.5) is 5.69 Å². The number of amides is 2. The number of hydrogen-bond donors (Lipinski definition) is 1. The number of rotatable bonds is 14. The lowest BCUT2D eigenvalue weighted by Crippen LogP contribution is -2.52. The lowest BCUT2D eigenvalue weighted by atomic mass is 10.1. The molecule has 0 bridgehead atoms. The maximum absolute atomic E-state index is 14.1. The molecule has 3 aromatic rings. The Morgan fingerprint density at radius 1 is 0.952 bits per heavy atom. The number of sulfonamides is 1. The number of anilines is 1. The molecule has 226 valence electrons. The van der Waals surface area contributed by atoms with E-state index >= 15 is 0 Å². The number of halogens is 1. The number of carbonyl (C=O) groups excluding carboxylic acids is 2. The van der Waals surface area contributed by atoms with E-state index in [2.05, 4.69) is 5.32 Å². The zero-order chi connectivity index (χ0) is 30.9. The van der Waals surface area contributed by atoms with Crippen molar-refractivity contribution in [1.82, 2.24) is 10.2 Å². The van der Waals surface area contributed by atoms with Gasteiger partial charge in [-0.2, -0.15) is 0 Å². The number of nitrogens with one attached hydrogen (secondary N) is 1. The molecule has 42 heavy (non-hydrogen) atoms. The van der Waals surface area contributed by atoms with E-state index in [-0.39, 0.29) is 28.1 Å². The fourth-order valence-corrected chi connectivity index (χ4v) is 6.05. The molecule has 0 saturated carbocycles. The molecule has 3 aromatic carbocycles. The van der Waals surface area contributed by atoms with Crippen LogP contribution in [0.5, 0.6) is 11.5 Å². The first kappa shape index (κ1) is 32.8. The minimum atomic E-state index is -4.22. The number of benzene rings is 3. The van der Waals surface area contributed by atoms with Crippen molar-refractivity contribution in [3.05, 3.63) is 82.9 Å². The fourth-order valence-electron chi connectivity index (χ4n) is 4.39. The van der Waals surface area contributed by atoms with E-state index < -0.39 is 28.5 Å². The summed E-state index contributed by atoms with van der Waals surface area (Å²) in [4.78, 5) is 28.8. The van der Waals surface area contributed by atoms with E-state index in [0.717, 1.165) is 21.9 Å². The van der Waals surface area contributed by atoms with Crippen molar-refractivity contribution >= 4 is 39.1 Å². The summed E-state index contributed by atoms with van der Waals surface area (Å²) in [6.07, 6.45) is 1.06. The second-order valence-electron chi connectivity index (χ2n) is 9.73. The standard InChI is InChI=1S/C31H38ClN3O6S/c1-6-18-33-31(37)28(7-2)34(20-23-10-13-25(40-4)14-11-23)30(36)21-35(24-12-17-29(41-5)27(32)19-24)42(38,39)26-15-8-22(3)9-16-26/h8-17,19,28H,6-7,18,20-21H2,1-5H3,(H,33,37)/t28-/m0/s1. The summed E-state index contributed by atoms with van der Waals surface area (Å²) in [5.74, 6) is 0.156. The van der Waals surface area contributed by atoms with Crippen LogP contribution in [-0.4, -0.2) is 58.5 Å². The van der Waals surface area contributed by atoms with Gasteiger partial charge in [-0.05, 0) is 67.8 Å². The van der Waals surface area contributed by atoms with E-state index in [9.17, 15) is 18.0 Å². The van der Waals surface area contributed by atoms with Gasteiger partial charge in [0.1, 0.15) is 24.1 Å². The molecule has 0 spiro atoms. The quantitative estimate of drug-likeness (QED) is 0.267. The third-order valence-electron chi connectivity index (χ3n) is 6.76. The van der Waals surface area contributed by atoms with Crippen LogP contribution in [0.2, 0.25) is 5.02 Å². The Morgan fingerprint density at radius 3 is 2.17 bits per heavy atom. The van der Waals surface area contributed by atoms with Crippen LogP contribution in [0.15, 0.2) is 71.6 Å². The highest BCUT2D eigenvalue weighted by Gasteiger charge is 2.34. The maximum atomic E-state index is 14.1. The normalized spacial score (nSPS) is 11.9. The molecule has 11 heteroatoms. The van der Waals surface area contributed by atoms with Gasteiger partial charge in [0.15, 0.2) is 0 Å². The topological polar surface area (TPSA) is 105 Å². The monoisotopic (exact) mass is 615 g/mol. The van der Waals surface area contributed by atoms with Crippen molar-refractivity contribution in [1.29, 1.82) is 0 Å². The van der Waals surface area contributed by atoms with E-state index in [4.69, 9.17) is 21.1 Å². The summed E-state index contributed by atoms with van der Waals surface area (Å²) < 4.78 is 39.5. The molecule has 0 unspecified atom stereocenters. The average Bonchev–Trinajstić information content (AvgIpc) is 2.99. The molecule has 9 nitrogen and oxygen atoms in total. The Balaban J connectivity index is 2.08. The van der Waals surface area contributed by atoms with Gasteiger partial charge >= 0.3 is 0 Å². The van der Waals surface area contributed by atoms with E-state index in [1.807, 2.05) is 20.8 Å². The van der Waals surface area contributed by atoms with Crippen molar-refractivity contribution in [2.45, 2.75) is 51.1 Å². The Morgan fingerprint density at radius 2 is 1.62 bits per heavy atom. The van der Waals surface area contributed by atoms with Gasteiger partial charge in [-0.25, -0.2) is 8.42 Å². The second-order valence-corrected chi connectivity index (χ2v) is 12.0. The Kier molecular flexibility index (Phi) is 11.6. The SMILES string of the molecule is CCCNC(=O)[C@H](CC)N(Cc1ccc(OC)cc1)C(=O)CN(c1ccc(OC)c(Cl)c1)S(=O)(=O)c1ccc(C)cc1. The molecule has 1 atom stereocenters. The second kappa shape index (κ2) is 14.9. The first-order valence-electron chi connectivity index (χ1n) is 13.7. The molecular weight excluding hydrogens is 578 g/mol. The zero-order valence-electron chi connectivity index (χ0n) is 24.6. The molecule has 1 N–H and O–H groups in total. The van der Waals surface area contributed by atoms with Gasteiger partial charge in [-0.15, -0.1) is 0 Å². The van der Waals surface area contributed by atoms with Gasteiger partial charge < -0.3 is 19.7 Å². The first-order chi connectivity index (χ1) is 20.0. The summed E-state index contributed by atoms with van der Waals surface area (Å²) in [7, 11) is -1.20. The highest BCUT2D eigenvalue weighted by atomic mass is 35.5. The van der Waals surface area contributed by atoms with Crippen LogP contribution in [0.1, 0.15) is 37.8 Å². The third-order valence-corrected chi connectivity index (χ3v) is 8.84. The van der Waals surface area contributed by atoms with Crippen LogP contribution < -0.4 is 19.1 Å². The van der Waals surface area contributed by atoms with Crippen molar-refractivity contribution < 1.29 is 27.5 Å². The van der Waals surface area contributed by atoms with Crippen molar-refractivity contribution in [2.75, 3.05) is 31.6 Å². The smallest absolute Gasteiger partial charge is 0.264 e. The minimum Gasteiger partial charge on any atom is -0.497 e. The number of aryl methyl sites for hydroxylation is 1. The highest BCUT2D eigenvalue weighted by Crippen LogP contribution is 2.32. The van der Waals surface area contributed by atoms with Crippen molar-refractivity contribution in [2.24, 2.45) is 0 Å². The molecule has 0 saturated heterocycles. The van der Waals surface area contributed by atoms with Gasteiger partial charge in [-0.1, -0.05) is 55.3 Å². The Bertz CT molecular complexity index is 1460. The van der Waals surface area contributed by atoms with Crippen LogP contribution in [-0.2, 0) is 26.2 Å². The molecule has 2 amide bonds. The molecule has 0 aliphatic carbocycles. The lowest BCUT2D eigenvalue weighted by Gasteiger charge is -2.33. The summed E-state index contributed by atoms with van der Waals surface area (Å²) in [6, 6.07) is 17.2. The predicted molar refractivity (Wildman–Crippen MR) is 165 cm³/mol. The van der Waals surface area contributed by atoms with E-state index in [1.165, 1.54) is 36.3 Å². The molecule has 0 fully saturated rings. The van der Waals surface area contributed by atoms with Crippen LogP contribution in [0.3, 0.4) is 0 Å². The van der Waals surface area contributed by atoms with Gasteiger partial charge in [-0.3, -0.25) is 13.9 Å². The molecule has 0 radical (unpaired) electrons. The summed E-state index contributed by atoms with van der Waals surface area (Å²) in [5.41, 5.74) is 1.83. The largest absolute Gasteiger partial charge is 0.497 e. The lowest BCUT2D eigenvalue weighted by molar-refractivity contribution is -0.140. The molecule has 0 aromatic heterocycles. The zero-order valence-corrected chi connectivity index (χ0v) is 26.2. The van der Waals surface area contributed by atoms with Gasteiger partial charge in [0.2, 0.25) is 11.8 Å². The van der Waals surface area contributed by atoms with Crippen LogP contribution >= 0.6 is 11.6 Å². The molecule has 3 rings (SSSR count). The van der Waals surface area contributed by atoms with E-state index in [1.54, 1.807) is 49.6 Å². The minimum absolute atomic E-state index is 0.0160. The van der Waals surface area contributed by atoms with Gasteiger partial charge in [0, 0.05) is 13.1 Å². The Hall–Kier alpha value is -3.76. The molecule has 0 aliphatic heterocycles. The van der Waals surface area contributed by atoms with Crippen molar-refractivity contribution in [3.8, 4) is 11.5 Å². The molecule has 0 aliphatic rings. The summed E-state index contributed by atoms with van der Waals surface area (Å²) >= 11 is 6.38. The van der Waals surface area contributed by atoms with Gasteiger partial charge in [0.05, 0.1) is 29.8 Å². The maximum Gasteiger partial charge on any atom is 0.264 e. The number of methoxy groups -OCH3 is 2. The van der Waals surface area contributed by atoms with Gasteiger partial charge in [0.25, 0.3) is 10.0 Å². The van der Waals surface area contributed by atoms with E-state index in [0.29, 0.717) is 24.5 Å².